The van der Waals surface area contributed by atoms with E-state index in [1.807, 2.05) is 19.1 Å². The van der Waals surface area contributed by atoms with Gasteiger partial charge in [0.25, 0.3) is 0 Å². The van der Waals surface area contributed by atoms with Crippen LogP contribution >= 0.6 is 0 Å². The van der Waals surface area contributed by atoms with E-state index < -0.39 is 0 Å². The van der Waals surface area contributed by atoms with Crippen molar-refractivity contribution in [1.29, 1.82) is 0 Å². The Morgan fingerprint density at radius 2 is 1.83 bits per heavy atom. The monoisotopic (exact) mass is 249 g/mol. The Bertz CT molecular complexity index is 375. The Morgan fingerprint density at radius 3 is 2.33 bits per heavy atom. The Morgan fingerprint density at radius 1 is 1.17 bits per heavy atom. The third-order valence-corrected chi connectivity index (χ3v) is 3.45. The highest BCUT2D eigenvalue weighted by Gasteiger charge is 2.27. The molecule has 1 saturated heterocycles. The summed E-state index contributed by atoms with van der Waals surface area (Å²) in [7, 11) is 0. The molecule has 4 heteroatoms. The molecule has 0 radical (unpaired) electrons. The summed E-state index contributed by atoms with van der Waals surface area (Å²) in [6.45, 7) is 10.9. The van der Waals surface area contributed by atoms with Crippen LogP contribution in [0.1, 0.15) is 39.3 Å². The molecule has 0 spiro atoms. The van der Waals surface area contributed by atoms with Crippen molar-refractivity contribution in [2.45, 2.75) is 52.2 Å². The highest BCUT2D eigenvalue weighted by molar-refractivity contribution is 5.10. The molecule has 100 valence electrons. The zero-order valence-corrected chi connectivity index (χ0v) is 11.8. The molecule has 0 amide bonds. The molecule has 1 fully saturated rings. The molecule has 0 unspecified atom stereocenters. The minimum absolute atomic E-state index is 0.259. The van der Waals surface area contributed by atoms with Crippen LogP contribution in [0, 0.1) is 6.92 Å². The van der Waals surface area contributed by atoms with Gasteiger partial charge in [-0.2, -0.15) is 5.10 Å². The Kier molecular flexibility index (Phi) is 3.85. The Balaban J connectivity index is 1.85. The van der Waals surface area contributed by atoms with Crippen LogP contribution in [0.25, 0.3) is 0 Å². The van der Waals surface area contributed by atoms with Crippen LogP contribution in [-0.4, -0.2) is 39.8 Å². The van der Waals surface area contributed by atoms with Gasteiger partial charge < -0.3 is 4.74 Å². The third-order valence-electron chi connectivity index (χ3n) is 3.45. The number of ether oxygens (including phenoxy) is 1. The summed E-state index contributed by atoms with van der Waals surface area (Å²) in [4.78, 5) is 2.51. The summed E-state index contributed by atoms with van der Waals surface area (Å²) in [5.41, 5.74) is 1.18. The molecule has 18 heavy (non-hydrogen) atoms. The molecule has 1 aromatic rings. The first kappa shape index (κ1) is 13.3. The molecule has 2 heterocycles. The van der Waals surface area contributed by atoms with Gasteiger partial charge in [0.1, 0.15) is 6.10 Å². The lowest BCUT2D eigenvalue weighted by atomic mass is 9.99. The van der Waals surface area contributed by atoms with Crippen LogP contribution in [0.4, 0.5) is 0 Å². The van der Waals surface area contributed by atoms with Gasteiger partial charge in [-0.15, -0.1) is 5.10 Å². The number of hydrogen-bond acceptors (Lipinski definition) is 4. The molecule has 0 aromatic carbocycles. The highest BCUT2D eigenvalue weighted by Crippen LogP contribution is 2.22. The van der Waals surface area contributed by atoms with Crippen LogP contribution in [0.5, 0.6) is 5.88 Å². The molecule has 1 aliphatic heterocycles. The topological polar surface area (TPSA) is 38.2 Å². The van der Waals surface area contributed by atoms with E-state index in [2.05, 4.69) is 35.9 Å². The molecule has 0 saturated carbocycles. The van der Waals surface area contributed by atoms with Gasteiger partial charge in [-0.05, 0) is 46.6 Å². The van der Waals surface area contributed by atoms with Crippen molar-refractivity contribution in [2.24, 2.45) is 0 Å². The first-order valence-corrected chi connectivity index (χ1v) is 6.67. The van der Waals surface area contributed by atoms with Gasteiger partial charge in [0, 0.05) is 24.7 Å². The highest BCUT2D eigenvalue weighted by atomic mass is 16.5. The lowest BCUT2D eigenvalue weighted by molar-refractivity contribution is 0.0468. The quantitative estimate of drug-likeness (QED) is 0.807. The lowest BCUT2D eigenvalue weighted by Gasteiger charge is -2.40. The lowest BCUT2D eigenvalue weighted by Crippen LogP contribution is -2.48. The molecule has 0 atom stereocenters. The average Bonchev–Trinajstić information content (AvgIpc) is 2.32. The fourth-order valence-corrected chi connectivity index (χ4v) is 2.26. The SMILES string of the molecule is Cc1ccc(OC2CCN(C(C)(C)C)CC2)nn1. The molecule has 4 nitrogen and oxygen atoms in total. The smallest absolute Gasteiger partial charge is 0.233 e. The Hall–Kier alpha value is -1.16. The summed E-state index contributed by atoms with van der Waals surface area (Å²) >= 11 is 0. The van der Waals surface area contributed by atoms with Crippen molar-refractivity contribution in [3.05, 3.63) is 17.8 Å². The molecular formula is C14H23N3O. The predicted molar refractivity (Wildman–Crippen MR) is 71.7 cm³/mol. The average molecular weight is 249 g/mol. The van der Waals surface area contributed by atoms with E-state index in [1.54, 1.807) is 0 Å². The second-order valence-electron chi connectivity index (χ2n) is 5.99. The fraction of sp³-hybridized carbons (Fsp3) is 0.714. The maximum absolute atomic E-state index is 5.87. The van der Waals surface area contributed by atoms with E-state index in [4.69, 9.17) is 4.74 Å². The first-order chi connectivity index (χ1) is 8.45. The zero-order chi connectivity index (χ0) is 13.2. The first-order valence-electron chi connectivity index (χ1n) is 6.67. The molecule has 0 bridgehead atoms. The fourth-order valence-electron chi connectivity index (χ4n) is 2.26. The third kappa shape index (κ3) is 3.42. The standard InChI is InChI=1S/C14H23N3O/c1-11-5-6-13(16-15-11)18-12-7-9-17(10-8-12)14(2,3)4/h5-6,12H,7-10H2,1-4H3. The molecule has 0 N–H and O–H groups in total. The van der Waals surface area contributed by atoms with Gasteiger partial charge in [0.15, 0.2) is 0 Å². The van der Waals surface area contributed by atoms with Gasteiger partial charge in [-0.1, -0.05) is 0 Å². The number of piperidine rings is 1. The van der Waals surface area contributed by atoms with Crippen molar-refractivity contribution >= 4 is 0 Å². The van der Waals surface area contributed by atoms with Crippen molar-refractivity contribution in [2.75, 3.05) is 13.1 Å². The van der Waals surface area contributed by atoms with E-state index in [9.17, 15) is 0 Å². The van der Waals surface area contributed by atoms with Gasteiger partial charge in [0.2, 0.25) is 5.88 Å². The van der Waals surface area contributed by atoms with E-state index >= 15 is 0 Å². The zero-order valence-electron chi connectivity index (χ0n) is 11.8. The van der Waals surface area contributed by atoms with Crippen molar-refractivity contribution in [1.82, 2.24) is 15.1 Å². The number of hydrogen-bond donors (Lipinski definition) is 0. The maximum atomic E-state index is 5.87. The minimum Gasteiger partial charge on any atom is -0.473 e. The number of likely N-dealkylation sites (tertiary alicyclic amines) is 1. The van der Waals surface area contributed by atoms with E-state index in [0.717, 1.165) is 31.6 Å². The van der Waals surface area contributed by atoms with Crippen molar-refractivity contribution in [3.8, 4) is 5.88 Å². The van der Waals surface area contributed by atoms with Crippen molar-refractivity contribution in [3.63, 3.8) is 0 Å². The van der Waals surface area contributed by atoms with Crippen LogP contribution in [-0.2, 0) is 0 Å². The number of aryl methyl sites for hydroxylation is 1. The van der Waals surface area contributed by atoms with E-state index in [0.29, 0.717) is 5.88 Å². The molecule has 1 aromatic heterocycles. The van der Waals surface area contributed by atoms with Gasteiger partial charge >= 0.3 is 0 Å². The van der Waals surface area contributed by atoms with Gasteiger partial charge in [0.05, 0.1) is 5.69 Å². The Labute approximate surface area is 109 Å². The normalized spacial score (nSPS) is 18.9. The number of aromatic nitrogens is 2. The number of rotatable bonds is 2. The molecular weight excluding hydrogens is 226 g/mol. The van der Waals surface area contributed by atoms with Crippen LogP contribution in [0.3, 0.4) is 0 Å². The summed E-state index contributed by atoms with van der Waals surface area (Å²) in [6.07, 6.45) is 2.40. The predicted octanol–water partition coefficient (Wildman–Crippen LogP) is 2.43. The van der Waals surface area contributed by atoms with Crippen LogP contribution in [0.15, 0.2) is 12.1 Å². The van der Waals surface area contributed by atoms with E-state index in [1.165, 1.54) is 0 Å². The summed E-state index contributed by atoms with van der Waals surface area (Å²) < 4.78 is 5.87. The molecule has 2 rings (SSSR count). The van der Waals surface area contributed by atoms with Gasteiger partial charge in [-0.3, -0.25) is 4.90 Å². The summed E-state index contributed by atoms with van der Waals surface area (Å²) in [6, 6.07) is 3.84. The molecule has 1 aliphatic rings. The van der Waals surface area contributed by atoms with Crippen molar-refractivity contribution < 1.29 is 4.74 Å². The minimum atomic E-state index is 0.259. The second kappa shape index (κ2) is 5.22. The van der Waals surface area contributed by atoms with E-state index in [-0.39, 0.29) is 11.6 Å². The second-order valence-corrected chi connectivity index (χ2v) is 5.99. The number of nitrogens with zero attached hydrogens (tertiary/aromatic N) is 3. The maximum Gasteiger partial charge on any atom is 0.233 e. The van der Waals surface area contributed by atoms with Crippen LogP contribution in [0.2, 0.25) is 0 Å². The summed E-state index contributed by atoms with van der Waals surface area (Å²) in [5.74, 6) is 0.648. The van der Waals surface area contributed by atoms with Gasteiger partial charge in [-0.25, -0.2) is 0 Å². The van der Waals surface area contributed by atoms with Crippen LogP contribution < -0.4 is 4.74 Å². The molecule has 0 aliphatic carbocycles. The largest absolute Gasteiger partial charge is 0.473 e. The summed E-state index contributed by atoms with van der Waals surface area (Å²) in [5, 5.41) is 8.07.